The number of hydrogen-bond donors (Lipinski definition) is 0. The van der Waals surface area contributed by atoms with Crippen LogP contribution in [0.2, 0.25) is 0 Å². The molecule has 0 aromatic heterocycles. The molecule has 0 aliphatic carbocycles. The lowest BCUT2D eigenvalue weighted by Gasteiger charge is -2.12. The lowest BCUT2D eigenvalue weighted by Crippen LogP contribution is -2.15. The number of halogens is 4. The Morgan fingerprint density at radius 1 is 1.29 bits per heavy atom. The summed E-state index contributed by atoms with van der Waals surface area (Å²) in [6.45, 7) is 1.48. The van der Waals surface area contributed by atoms with Crippen molar-refractivity contribution in [1.29, 1.82) is 0 Å². The maximum Gasteiger partial charge on any atom is 0.417 e. The molecule has 3 nitrogen and oxygen atoms in total. The first-order valence-electron chi connectivity index (χ1n) is 6.17. The Balaban J connectivity index is 2.89. The van der Waals surface area contributed by atoms with E-state index >= 15 is 0 Å². The summed E-state index contributed by atoms with van der Waals surface area (Å²) in [5.41, 5.74) is -1.44. The summed E-state index contributed by atoms with van der Waals surface area (Å²) >= 11 is 2.94. The van der Waals surface area contributed by atoms with E-state index < -0.39 is 32.9 Å². The Morgan fingerprint density at radius 2 is 1.90 bits per heavy atom. The zero-order chi connectivity index (χ0) is 16.3. The highest BCUT2D eigenvalue weighted by molar-refractivity contribution is 9.10. The van der Waals surface area contributed by atoms with Crippen molar-refractivity contribution in [3.8, 4) is 0 Å². The molecule has 0 unspecified atom stereocenters. The Hall–Kier alpha value is -0.890. The Kier molecular flexibility index (Phi) is 5.98. The molecule has 0 N–H and O–H groups in total. The molecular weight excluding hydrogens is 373 g/mol. The van der Waals surface area contributed by atoms with Crippen molar-refractivity contribution >= 4 is 31.6 Å². The number of alkyl halides is 3. The minimum absolute atomic E-state index is 0.0162. The first kappa shape index (κ1) is 18.2. The SMILES string of the molecule is CCS(=O)(=O)CCCC(=O)c1ccc(Br)cc1C(F)(F)F. The molecule has 0 aliphatic heterocycles. The number of carbonyl (C=O) groups is 1. The monoisotopic (exact) mass is 386 g/mol. The van der Waals surface area contributed by atoms with E-state index in [-0.39, 0.29) is 28.8 Å². The number of carbonyl (C=O) groups excluding carboxylic acids is 1. The highest BCUT2D eigenvalue weighted by Gasteiger charge is 2.35. The van der Waals surface area contributed by atoms with E-state index in [1.807, 2.05) is 0 Å². The van der Waals surface area contributed by atoms with Crippen LogP contribution in [0.4, 0.5) is 13.2 Å². The molecule has 0 spiro atoms. The van der Waals surface area contributed by atoms with Crippen LogP contribution in [0.5, 0.6) is 0 Å². The van der Waals surface area contributed by atoms with Crippen LogP contribution in [-0.2, 0) is 16.0 Å². The summed E-state index contributed by atoms with van der Waals surface area (Å²) in [5.74, 6) is -0.957. The number of rotatable bonds is 6. The predicted molar refractivity (Wildman–Crippen MR) is 77.0 cm³/mol. The smallest absolute Gasteiger partial charge is 0.294 e. The van der Waals surface area contributed by atoms with Crippen LogP contribution >= 0.6 is 15.9 Å². The molecule has 0 amide bonds. The van der Waals surface area contributed by atoms with Crippen molar-refractivity contribution in [3.63, 3.8) is 0 Å². The zero-order valence-electron chi connectivity index (χ0n) is 11.2. The second kappa shape index (κ2) is 6.91. The Bertz CT molecular complexity index is 624. The van der Waals surface area contributed by atoms with Gasteiger partial charge >= 0.3 is 6.18 Å². The van der Waals surface area contributed by atoms with Crippen LogP contribution in [0.25, 0.3) is 0 Å². The fourth-order valence-electron chi connectivity index (χ4n) is 1.73. The summed E-state index contributed by atoms with van der Waals surface area (Å²) in [7, 11) is -3.22. The number of hydrogen-bond acceptors (Lipinski definition) is 3. The fraction of sp³-hybridized carbons (Fsp3) is 0.462. The van der Waals surface area contributed by atoms with E-state index in [1.165, 1.54) is 13.0 Å². The average molecular weight is 387 g/mol. The van der Waals surface area contributed by atoms with E-state index in [9.17, 15) is 26.4 Å². The van der Waals surface area contributed by atoms with E-state index in [2.05, 4.69) is 15.9 Å². The van der Waals surface area contributed by atoms with Crippen LogP contribution in [-0.4, -0.2) is 25.7 Å². The molecule has 1 aromatic carbocycles. The van der Waals surface area contributed by atoms with Gasteiger partial charge in [-0.05, 0) is 24.6 Å². The number of benzene rings is 1. The van der Waals surface area contributed by atoms with Gasteiger partial charge in [-0.15, -0.1) is 0 Å². The molecule has 0 fully saturated rings. The highest BCUT2D eigenvalue weighted by atomic mass is 79.9. The summed E-state index contributed by atoms with van der Waals surface area (Å²) < 4.78 is 61.5. The molecule has 8 heteroatoms. The summed E-state index contributed by atoms with van der Waals surface area (Å²) in [5, 5.41) is 0. The van der Waals surface area contributed by atoms with Gasteiger partial charge in [-0.3, -0.25) is 4.79 Å². The largest absolute Gasteiger partial charge is 0.417 e. The van der Waals surface area contributed by atoms with Crippen LogP contribution in [0.1, 0.15) is 35.7 Å². The van der Waals surface area contributed by atoms with Crippen LogP contribution in [0.15, 0.2) is 22.7 Å². The van der Waals surface area contributed by atoms with E-state index in [1.54, 1.807) is 0 Å². The van der Waals surface area contributed by atoms with E-state index in [0.717, 1.165) is 12.1 Å². The molecule has 118 valence electrons. The maximum absolute atomic E-state index is 12.9. The quantitative estimate of drug-likeness (QED) is 0.697. The van der Waals surface area contributed by atoms with Gasteiger partial charge in [-0.25, -0.2) is 8.42 Å². The van der Waals surface area contributed by atoms with Gasteiger partial charge in [0.25, 0.3) is 0 Å². The standard InChI is InChI=1S/C13H14BrF3O3S/c1-2-21(19,20)7-3-4-12(18)10-6-5-9(14)8-11(10)13(15,16)17/h5-6,8H,2-4,7H2,1H3. The first-order valence-corrected chi connectivity index (χ1v) is 8.78. The second-order valence-corrected chi connectivity index (χ2v) is 7.84. The maximum atomic E-state index is 12.9. The number of ketones is 1. The number of Topliss-reactive ketones (excluding diaryl/α,β-unsaturated/α-hetero) is 1. The summed E-state index contributed by atoms with van der Waals surface area (Å²) in [4.78, 5) is 11.9. The van der Waals surface area contributed by atoms with Crippen molar-refractivity contribution in [2.75, 3.05) is 11.5 Å². The summed E-state index contributed by atoms with van der Waals surface area (Å²) in [6.07, 6.45) is -4.85. The molecule has 1 rings (SSSR count). The van der Waals surface area contributed by atoms with Crippen molar-refractivity contribution in [1.82, 2.24) is 0 Å². The minimum atomic E-state index is -4.63. The molecule has 1 aromatic rings. The van der Waals surface area contributed by atoms with Gasteiger partial charge in [-0.1, -0.05) is 22.9 Å². The van der Waals surface area contributed by atoms with Gasteiger partial charge in [0.15, 0.2) is 5.78 Å². The molecule has 0 saturated carbocycles. The summed E-state index contributed by atoms with van der Waals surface area (Å²) in [6, 6.07) is 3.30. The molecule has 0 radical (unpaired) electrons. The molecule has 21 heavy (non-hydrogen) atoms. The Labute approximate surface area is 129 Å². The van der Waals surface area contributed by atoms with Crippen molar-refractivity contribution in [3.05, 3.63) is 33.8 Å². The van der Waals surface area contributed by atoms with Crippen LogP contribution in [0, 0.1) is 0 Å². The highest BCUT2D eigenvalue weighted by Crippen LogP contribution is 2.34. The van der Waals surface area contributed by atoms with Crippen molar-refractivity contribution in [2.45, 2.75) is 25.9 Å². The van der Waals surface area contributed by atoms with Gasteiger partial charge in [0.05, 0.1) is 11.3 Å². The first-order chi connectivity index (χ1) is 9.57. The molecule has 0 heterocycles. The topological polar surface area (TPSA) is 51.2 Å². The molecule has 0 saturated heterocycles. The average Bonchev–Trinajstić information content (AvgIpc) is 2.37. The van der Waals surface area contributed by atoms with Crippen LogP contribution in [0.3, 0.4) is 0 Å². The zero-order valence-corrected chi connectivity index (χ0v) is 13.6. The van der Waals surface area contributed by atoms with Gasteiger partial charge < -0.3 is 0 Å². The van der Waals surface area contributed by atoms with Gasteiger partial charge in [0.1, 0.15) is 9.84 Å². The molecule has 0 aliphatic rings. The van der Waals surface area contributed by atoms with Crippen molar-refractivity contribution < 1.29 is 26.4 Å². The fourth-order valence-corrected chi connectivity index (χ4v) is 2.96. The molecule has 0 atom stereocenters. The molecule has 0 bridgehead atoms. The normalized spacial score (nSPS) is 12.4. The number of sulfone groups is 1. The van der Waals surface area contributed by atoms with Gasteiger partial charge in [0.2, 0.25) is 0 Å². The minimum Gasteiger partial charge on any atom is -0.294 e. The lowest BCUT2D eigenvalue weighted by atomic mass is 10.0. The predicted octanol–water partition coefficient (Wildman–Crippen LogP) is 3.87. The second-order valence-electron chi connectivity index (χ2n) is 4.45. The third kappa shape index (κ3) is 5.43. The lowest BCUT2D eigenvalue weighted by molar-refractivity contribution is -0.138. The third-order valence-electron chi connectivity index (χ3n) is 2.89. The van der Waals surface area contributed by atoms with E-state index in [0.29, 0.717) is 0 Å². The molecular formula is C13H14BrF3O3S. The van der Waals surface area contributed by atoms with Gasteiger partial charge in [-0.2, -0.15) is 13.2 Å². The van der Waals surface area contributed by atoms with Crippen LogP contribution < -0.4 is 0 Å². The van der Waals surface area contributed by atoms with Crippen molar-refractivity contribution in [2.24, 2.45) is 0 Å². The Morgan fingerprint density at radius 3 is 2.43 bits per heavy atom. The van der Waals surface area contributed by atoms with Gasteiger partial charge in [0, 0.05) is 22.2 Å². The van der Waals surface area contributed by atoms with E-state index in [4.69, 9.17) is 0 Å². The third-order valence-corrected chi connectivity index (χ3v) is 5.17.